The van der Waals surface area contributed by atoms with Crippen LogP contribution in [0.25, 0.3) is 42.8 Å². The molecule has 53 heavy (non-hydrogen) atoms. The van der Waals surface area contributed by atoms with Crippen molar-refractivity contribution in [2.24, 2.45) is 0 Å². The van der Waals surface area contributed by atoms with Crippen LogP contribution in [-0.4, -0.2) is 16.7 Å². The van der Waals surface area contributed by atoms with Crippen LogP contribution < -0.4 is 26.2 Å². The maximum atomic E-state index is 5.06. The molecule has 0 bridgehead atoms. The van der Waals surface area contributed by atoms with Gasteiger partial charge in [0.25, 0.3) is 0 Å². The van der Waals surface area contributed by atoms with Crippen LogP contribution in [0.5, 0.6) is 0 Å². The van der Waals surface area contributed by atoms with E-state index in [2.05, 4.69) is 174 Å². The molecule has 0 spiro atoms. The largest absolute Gasteiger partial charge is 2.00 e. The van der Waals surface area contributed by atoms with Gasteiger partial charge in [0.2, 0.25) is 6.71 Å². The van der Waals surface area contributed by atoms with Crippen LogP contribution in [0.4, 0.5) is 34.1 Å². The van der Waals surface area contributed by atoms with Gasteiger partial charge in [-0.2, -0.15) is 11.3 Å². The molecule has 0 saturated carbocycles. The van der Waals surface area contributed by atoms with Crippen LogP contribution in [-0.2, 0) is 21.1 Å². The first-order valence-corrected chi connectivity index (χ1v) is 18.3. The number of hydrogen-bond acceptors (Lipinski definition) is 5. The standard InChI is InChI=1S/C46H27BN4S.Pt/c1-3-13-33(14-4-1)50-39-24-22-31(45-35-17-8-7-12-30(35)26-27-48-45)28-36(39)47-37-29-32(46-49-38-18-9-10-21-43(38)52-46)23-25-40(37)51(34-15-5-2-6-16-34)42-20-11-19-41(50)44(42)47;/h1-27H;/q-2;+2. The quantitative estimate of drug-likeness (QED) is 0.130. The Labute approximate surface area is 326 Å². The summed E-state index contributed by atoms with van der Waals surface area (Å²) in [5.41, 5.74) is 14.0. The van der Waals surface area contributed by atoms with Crippen molar-refractivity contribution in [1.82, 2.24) is 9.97 Å². The van der Waals surface area contributed by atoms with Crippen molar-refractivity contribution in [3.8, 4) is 21.8 Å². The first kappa shape index (κ1) is 31.9. The molecule has 0 amide bonds. The number of benzene rings is 7. The number of pyridine rings is 1. The minimum absolute atomic E-state index is 0. The van der Waals surface area contributed by atoms with Gasteiger partial charge in [0.1, 0.15) is 0 Å². The van der Waals surface area contributed by atoms with Crippen LogP contribution in [0.3, 0.4) is 0 Å². The second kappa shape index (κ2) is 12.7. The molecule has 7 aromatic carbocycles. The number of fused-ring (bicyclic) bond motifs is 6. The summed E-state index contributed by atoms with van der Waals surface area (Å²) in [7, 11) is 0. The number of nitrogens with zero attached hydrogens (tertiary/aromatic N) is 4. The van der Waals surface area contributed by atoms with E-state index < -0.39 is 0 Å². The van der Waals surface area contributed by atoms with Crippen molar-refractivity contribution in [2.45, 2.75) is 0 Å². The van der Waals surface area contributed by atoms with Crippen molar-refractivity contribution >= 4 is 89.6 Å². The molecule has 250 valence electrons. The predicted molar refractivity (Wildman–Crippen MR) is 217 cm³/mol. The zero-order chi connectivity index (χ0) is 34.2. The zero-order valence-corrected chi connectivity index (χ0v) is 31.3. The summed E-state index contributed by atoms with van der Waals surface area (Å²) in [6.07, 6.45) is 1.90. The molecule has 9 aromatic rings. The molecular formula is C46H27BN4PtS. The molecule has 11 rings (SSSR count). The SMILES string of the molecule is [Pt+2].[c-]1c(-c2nc3ccccc3s2)ccc2c1B1c3[c-]c(-c4nccc5ccccc45)ccc3N(c3ccccc3)c3cccc(c31)N2c1ccccc1. The van der Waals surface area contributed by atoms with Gasteiger partial charge in [0.15, 0.2) is 0 Å². The molecule has 4 heterocycles. The van der Waals surface area contributed by atoms with Gasteiger partial charge in [-0.3, -0.25) is 4.98 Å². The average Bonchev–Trinajstić information content (AvgIpc) is 3.65. The van der Waals surface area contributed by atoms with Crippen molar-refractivity contribution in [1.29, 1.82) is 0 Å². The van der Waals surface area contributed by atoms with E-state index in [1.807, 2.05) is 12.3 Å². The third-order valence-corrected chi connectivity index (χ3v) is 11.3. The maximum absolute atomic E-state index is 5.06. The van der Waals surface area contributed by atoms with Crippen LogP contribution >= 0.6 is 11.3 Å². The molecule has 7 heteroatoms. The van der Waals surface area contributed by atoms with E-state index in [9.17, 15) is 0 Å². The molecule has 0 atom stereocenters. The van der Waals surface area contributed by atoms with Crippen LogP contribution in [0.15, 0.2) is 164 Å². The summed E-state index contributed by atoms with van der Waals surface area (Å²) in [5.74, 6) is 0. The number of thiazole rings is 1. The fourth-order valence-corrected chi connectivity index (χ4v) is 9.00. The van der Waals surface area contributed by atoms with Crippen LogP contribution in [0.2, 0.25) is 0 Å². The first-order valence-electron chi connectivity index (χ1n) is 17.5. The van der Waals surface area contributed by atoms with Crippen molar-refractivity contribution < 1.29 is 21.1 Å². The van der Waals surface area contributed by atoms with Gasteiger partial charge >= 0.3 is 21.1 Å². The number of hydrogen-bond donors (Lipinski definition) is 0. The maximum Gasteiger partial charge on any atom is 2.00 e. The number of aromatic nitrogens is 2. The Morgan fingerprint density at radius 1 is 0.528 bits per heavy atom. The van der Waals surface area contributed by atoms with Gasteiger partial charge in [-0.25, -0.2) is 0 Å². The minimum Gasteiger partial charge on any atom is -0.353 e. The second-order valence-electron chi connectivity index (χ2n) is 13.2. The second-order valence-corrected chi connectivity index (χ2v) is 14.2. The van der Waals surface area contributed by atoms with Gasteiger partial charge in [0.05, 0.1) is 5.52 Å². The molecule has 0 aliphatic carbocycles. The van der Waals surface area contributed by atoms with Gasteiger partial charge in [-0.15, -0.1) is 58.5 Å². The summed E-state index contributed by atoms with van der Waals surface area (Å²) in [5, 5.41) is 3.24. The summed E-state index contributed by atoms with van der Waals surface area (Å²) < 4.78 is 1.17. The van der Waals surface area contributed by atoms with E-state index in [-0.39, 0.29) is 27.8 Å². The Bertz CT molecular complexity index is 2790. The third kappa shape index (κ3) is 5.01. The summed E-state index contributed by atoms with van der Waals surface area (Å²) in [6, 6.07) is 63.8. The zero-order valence-electron chi connectivity index (χ0n) is 28.2. The van der Waals surface area contributed by atoms with Gasteiger partial charge < -0.3 is 14.8 Å². The molecule has 0 N–H and O–H groups in total. The number of rotatable bonds is 4. The van der Waals surface area contributed by atoms with E-state index in [4.69, 9.17) is 9.97 Å². The summed E-state index contributed by atoms with van der Waals surface area (Å²) >= 11 is 1.71. The Morgan fingerprint density at radius 2 is 1.13 bits per heavy atom. The fourth-order valence-electron chi connectivity index (χ4n) is 8.05. The fraction of sp³-hybridized carbons (Fsp3) is 0. The molecule has 0 saturated heterocycles. The Kier molecular flexibility index (Phi) is 7.64. The van der Waals surface area contributed by atoms with E-state index in [0.717, 1.165) is 83.2 Å². The molecule has 2 aliphatic rings. The topological polar surface area (TPSA) is 32.3 Å². The number of para-hydroxylation sites is 3. The molecule has 4 nitrogen and oxygen atoms in total. The molecule has 0 fully saturated rings. The van der Waals surface area contributed by atoms with E-state index in [1.165, 1.54) is 10.2 Å². The van der Waals surface area contributed by atoms with Gasteiger partial charge in [-0.05, 0) is 87.9 Å². The Morgan fingerprint density at radius 3 is 1.83 bits per heavy atom. The van der Waals surface area contributed by atoms with E-state index >= 15 is 0 Å². The molecular weight excluding hydrogens is 846 g/mol. The van der Waals surface area contributed by atoms with E-state index in [0.29, 0.717) is 0 Å². The monoisotopic (exact) mass is 873 g/mol. The molecule has 0 unspecified atom stereocenters. The average molecular weight is 874 g/mol. The van der Waals surface area contributed by atoms with Crippen molar-refractivity contribution in [3.63, 3.8) is 0 Å². The third-order valence-electron chi connectivity index (χ3n) is 10.3. The van der Waals surface area contributed by atoms with E-state index in [1.54, 1.807) is 11.3 Å². The first-order chi connectivity index (χ1) is 25.8. The van der Waals surface area contributed by atoms with Crippen LogP contribution in [0, 0.1) is 12.1 Å². The van der Waals surface area contributed by atoms with Gasteiger partial charge in [-0.1, -0.05) is 78.9 Å². The van der Waals surface area contributed by atoms with Crippen molar-refractivity contribution in [3.05, 3.63) is 176 Å². The molecule has 2 aliphatic heterocycles. The predicted octanol–water partition coefficient (Wildman–Crippen LogP) is 9.86. The normalized spacial score (nSPS) is 12.6. The van der Waals surface area contributed by atoms with Gasteiger partial charge in [0, 0.05) is 38.7 Å². The summed E-state index contributed by atoms with van der Waals surface area (Å²) in [4.78, 5) is 14.8. The Hall–Kier alpha value is -5.81. The Balaban J connectivity index is 0.00000349. The number of anilines is 6. The summed E-state index contributed by atoms with van der Waals surface area (Å²) in [6.45, 7) is -0.139. The van der Waals surface area contributed by atoms with Crippen molar-refractivity contribution in [2.75, 3.05) is 9.80 Å². The minimum atomic E-state index is -0.139. The molecule has 2 aromatic heterocycles. The van der Waals surface area contributed by atoms with Crippen LogP contribution in [0.1, 0.15) is 0 Å². The smallest absolute Gasteiger partial charge is 0.353 e. The molecule has 0 radical (unpaired) electrons.